The maximum absolute atomic E-state index is 6.57. The molecule has 0 saturated carbocycles. The van der Waals surface area contributed by atoms with E-state index in [9.17, 15) is 0 Å². The summed E-state index contributed by atoms with van der Waals surface area (Å²) in [5, 5.41) is 2.75. The normalized spacial score (nSPS) is 10.9. The van der Waals surface area contributed by atoms with Gasteiger partial charge in [-0.3, -0.25) is 4.98 Å². The largest absolute Gasteiger partial charge is 0.495 e. The van der Waals surface area contributed by atoms with Crippen molar-refractivity contribution in [3.05, 3.63) is 40.1 Å². The van der Waals surface area contributed by atoms with E-state index < -0.39 is 0 Å². The second-order valence-corrected chi connectivity index (χ2v) is 7.02. The SMILES string of the molecule is CCc1cc2c(N(C)C)nc(-c3c(Cl)c(OC)cc(OC)c3Cl)cc2cn1. The molecule has 2 heterocycles. The molecular weight excluding hydrogens is 385 g/mol. The number of halogens is 2. The van der Waals surface area contributed by atoms with Crippen LogP contribution in [-0.4, -0.2) is 38.3 Å². The molecule has 0 spiro atoms. The van der Waals surface area contributed by atoms with Crippen molar-refractivity contribution in [3.63, 3.8) is 0 Å². The highest BCUT2D eigenvalue weighted by Gasteiger charge is 2.21. The van der Waals surface area contributed by atoms with Crippen LogP contribution >= 0.6 is 23.2 Å². The van der Waals surface area contributed by atoms with Crippen molar-refractivity contribution in [2.45, 2.75) is 13.3 Å². The predicted octanol–water partition coefficient (Wildman–Crippen LogP) is 5.25. The highest BCUT2D eigenvalue weighted by Crippen LogP contribution is 2.46. The van der Waals surface area contributed by atoms with E-state index in [0.717, 1.165) is 28.7 Å². The highest BCUT2D eigenvalue weighted by molar-refractivity contribution is 6.41. The molecule has 142 valence electrons. The van der Waals surface area contributed by atoms with E-state index in [2.05, 4.69) is 18.0 Å². The second kappa shape index (κ2) is 7.79. The Labute approximate surface area is 168 Å². The summed E-state index contributed by atoms with van der Waals surface area (Å²) in [6.45, 7) is 2.08. The smallest absolute Gasteiger partial charge is 0.141 e. The minimum absolute atomic E-state index is 0.387. The first-order valence-corrected chi connectivity index (χ1v) is 9.24. The van der Waals surface area contributed by atoms with Gasteiger partial charge in [-0.05, 0) is 18.6 Å². The highest BCUT2D eigenvalue weighted by atomic mass is 35.5. The first-order valence-electron chi connectivity index (χ1n) is 8.48. The third-order valence-corrected chi connectivity index (χ3v) is 5.12. The van der Waals surface area contributed by atoms with E-state index in [1.165, 1.54) is 0 Å². The van der Waals surface area contributed by atoms with Gasteiger partial charge >= 0.3 is 0 Å². The van der Waals surface area contributed by atoms with Gasteiger partial charge in [0.05, 0.1) is 30.0 Å². The molecule has 2 aromatic heterocycles. The van der Waals surface area contributed by atoms with Crippen molar-refractivity contribution in [1.82, 2.24) is 9.97 Å². The van der Waals surface area contributed by atoms with E-state index in [1.54, 1.807) is 20.3 Å². The van der Waals surface area contributed by atoms with Crippen molar-refractivity contribution < 1.29 is 9.47 Å². The van der Waals surface area contributed by atoms with Gasteiger partial charge in [-0.15, -0.1) is 0 Å². The minimum atomic E-state index is 0.387. The topological polar surface area (TPSA) is 47.5 Å². The summed E-state index contributed by atoms with van der Waals surface area (Å²) in [4.78, 5) is 11.3. The van der Waals surface area contributed by atoms with Crippen LogP contribution < -0.4 is 14.4 Å². The van der Waals surface area contributed by atoms with Gasteiger partial charge in [-0.25, -0.2) is 4.98 Å². The zero-order valence-corrected chi connectivity index (χ0v) is 17.4. The van der Waals surface area contributed by atoms with Crippen LogP contribution in [0.25, 0.3) is 22.0 Å². The van der Waals surface area contributed by atoms with E-state index in [4.69, 9.17) is 37.7 Å². The molecule has 27 heavy (non-hydrogen) atoms. The Morgan fingerprint density at radius 1 is 1.00 bits per heavy atom. The molecule has 0 N–H and O–H groups in total. The number of hydrogen-bond acceptors (Lipinski definition) is 5. The quantitative estimate of drug-likeness (QED) is 0.579. The molecule has 0 aliphatic rings. The molecule has 0 aliphatic heterocycles. The number of fused-ring (bicyclic) bond motifs is 1. The van der Waals surface area contributed by atoms with Crippen molar-refractivity contribution in [2.75, 3.05) is 33.2 Å². The van der Waals surface area contributed by atoms with E-state index in [0.29, 0.717) is 32.8 Å². The number of ether oxygens (including phenoxy) is 2. The monoisotopic (exact) mass is 405 g/mol. The molecule has 1 aromatic carbocycles. The summed E-state index contributed by atoms with van der Waals surface area (Å²) < 4.78 is 10.8. The fourth-order valence-electron chi connectivity index (χ4n) is 2.94. The molecule has 0 radical (unpaired) electrons. The number of rotatable bonds is 5. The molecule has 0 bridgehead atoms. The average molecular weight is 406 g/mol. The van der Waals surface area contributed by atoms with Gasteiger partial charge in [-0.1, -0.05) is 30.1 Å². The van der Waals surface area contributed by atoms with Gasteiger partial charge in [0.1, 0.15) is 17.3 Å². The van der Waals surface area contributed by atoms with Crippen LogP contribution in [0.1, 0.15) is 12.6 Å². The Bertz CT molecular complexity index is 978. The molecule has 0 unspecified atom stereocenters. The number of aromatic nitrogens is 2. The Morgan fingerprint density at radius 2 is 1.63 bits per heavy atom. The Morgan fingerprint density at radius 3 is 2.15 bits per heavy atom. The number of methoxy groups -OCH3 is 2. The lowest BCUT2D eigenvalue weighted by molar-refractivity contribution is 0.395. The third kappa shape index (κ3) is 3.49. The standard InChI is InChI=1S/C20H21Cl2N3O2/c1-6-12-8-13-11(10-23-12)7-14(24-20(13)25(2)3)17-18(21)15(26-4)9-16(27-5)19(17)22/h7-10H,6H2,1-5H3. The molecule has 0 atom stereocenters. The summed E-state index contributed by atoms with van der Waals surface area (Å²) in [5.74, 6) is 1.76. The minimum Gasteiger partial charge on any atom is -0.495 e. The number of aryl methyl sites for hydroxylation is 1. The molecule has 0 fully saturated rings. The molecule has 0 saturated heterocycles. The lowest BCUT2D eigenvalue weighted by atomic mass is 10.1. The van der Waals surface area contributed by atoms with Gasteiger partial charge in [0.15, 0.2) is 0 Å². The van der Waals surface area contributed by atoms with E-state index in [-0.39, 0.29) is 0 Å². The van der Waals surface area contributed by atoms with Crippen LogP contribution in [0.3, 0.4) is 0 Å². The van der Waals surface area contributed by atoms with E-state index in [1.807, 2.05) is 31.3 Å². The van der Waals surface area contributed by atoms with Crippen molar-refractivity contribution >= 4 is 39.8 Å². The van der Waals surface area contributed by atoms with E-state index >= 15 is 0 Å². The predicted molar refractivity (Wildman–Crippen MR) is 112 cm³/mol. The van der Waals surface area contributed by atoms with Crippen molar-refractivity contribution in [3.8, 4) is 22.8 Å². The van der Waals surface area contributed by atoms with Gasteiger partial charge in [0.2, 0.25) is 0 Å². The third-order valence-electron chi connectivity index (χ3n) is 4.37. The molecule has 5 nitrogen and oxygen atoms in total. The molecular formula is C20H21Cl2N3O2. The molecule has 0 amide bonds. The number of hydrogen-bond donors (Lipinski definition) is 0. The average Bonchev–Trinajstić information content (AvgIpc) is 2.67. The second-order valence-electron chi connectivity index (χ2n) is 6.26. The lowest BCUT2D eigenvalue weighted by Crippen LogP contribution is -2.12. The summed E-state index contributed by atoms with van der Waals surface area (Å²) >= 11 is 13.1. The maximum atomic E-state index is 6.57. The molecule has 7 heteroatoms. The zero-order valence-electron chi connectivity index (χ0n) is 15.9. The number of anilines is 1. The molecule has 3 rings (SSSR count). The van der Waals surface area contributed by atoms with Crippen LogP contribution in [0.5, 0.6) is 11.5 Å². The fourth-order valence-corrected chi connectivity index (χ4v) is 3.64. The number of benzene rings is 1. The van der Waals surface area contributed by atoms with Gasteiger partial charge in [0.25, 0.3) is 0 Å². The van der Waals surface area contributed by atoms with Gasteiger partial charge in [-0.2, -0.15) is 0 Å². The first kappa shape index (κ1) is 19.5. The van der Waals surface area contributed by atoms with Crippen LogP contribution in [0.2, 0.25) is 10.0 Å². The number of pyridine rings is 2. The van der Waals surface area contributed by atoms with Crippen LogP contribution in [-0.2, 0) is 6.42 Å². The lowest BCUT2D eigenvalue weighted by Gasteiger charge is -2.19. The molecule has 0 aliphatic carbocycles. The fraction of sp³-hybridized carbons (Fsp3) is 0.300. The maximum Gasteiger partial charge on any atom is 0.141 e. The van der Waals surface area contributed by atoms with Crippen molar-refractivity contribution in [1.29, 1.82) is 0 Å². The Kier molecular flexibility index (Phi) is 5.63. The summed E-state index contributed by atoms with van der Waals surface area (Å²) in [6.07, 6.45) is 2.71. The van der Waals surface area contributed by atoms with Gasteiger partial charge in [0, 0.05) is 48.4 Å². The summed E-state index contributed by atoms with van der Waals surface area (Å²) in [7, 11) is 7.00. The molecule has 3 aromatic rings. The van der Waals surface area contributed by atoms with Gasteiger partial charge < -0.3 is 14.4 Å². The first-order chi connectivity index (χ1) is 12.9. The van der Waals surface area contributed by atoms with Crippen LogP contribution in [0, 0.1) is 0 Å². The van der Waals surface area contributed by atoms with Crippen molar-refractivity contribution in [2.24, 2.45) is 0 Å². The summed E-state index contributed by atoms with van der Waals surface area (Å²) in [6, 6.07) is 5.66. The van der Waals surface area contributed by atoms with Crippen LogP contribution in [0.4, 0.5) is 5.82 Å². The van der Waals surface area contributed by atoms with Crippen LogP contribution in [0.15, 0.2) is 24.4 Å². The Balaban J connectivity index is 2.36. The summed E-state index contributed by atoms with van der Waals surface area (Å²) in [5.41, 5.74) is 2.21. The number of nitrogens with zero attached hydrogens (tertiary/aromatic N) is 3. The Hall–Kier alpha value is -2.24. The zero-order chi connectivity index (χ0) is 19.7.